The number of hydrogen-bond donors (Lipinski definition) is 0. The van der Waals surface area contributed by atoms with E-state index in [0.29, 0.717) is 29.1 Å². The highest BCUT2D eigenvalue weighted by atomic mass is 19.4. The van der Waals surface area contributed by atoms with Gasteiger partial charge in [0.1, 0.15) is 11.4 Å². The Balaban J connectivity index is 1.90. The Morgan fingerprint density at radius 2 is 1.46 bits per heavy atom. The maximum atomic E-state index is 12.9. The number of aromatic nitrogens is 3. The van der Waals surface area contributed by atoms with Gasteiger partial charge in [0, 0.05) is 5.56 Å². The molecule has 0 unspecified atom stereocenters. The summed E-state index contributed by atoms with van der Waals surface area (Å²) in [4.78, 5) is 0. The number of hydrogen-bond acceptors (Lipinski definition) is 3. The van der Waals surface area contributed by atoms with E-state index in [2.05, 4.69) is 10.3 Å². The van der Waals surface area contributed by atoms with Gasteiger partial charge in [-0.25, -0.2) is 4.68 Å². The first-order chi connectivity index (χ1) is 13.1. The number of nitrogens with zero attached hydrogens (tertiary/aromatic N) is 3. The van der Waals surface area contributed by atoms with E-state index in [1.165, 1.54) is 18.0 Å². The summed E-state index contributed by atoms with van der Waals surface area (Å²) in [6.07, 6.45) is -8.35. The van der Waals surface area contributed by atoms with Crippen molar-refractivity contribution in [3.63, 3.8) is 0 Å². The predicted molar refractivity (Wildman–Crippen MR) is 87.6 cm³/mol. The van der Waals surface area contributed by atoms with Crippen LogP contribution in [0.2, 0.25) is 0 Å². The second-order valence-corrected chi connectivity index (χ2v) is 5.94. The average molecular weight is 401 g/mol. The Morgan fingerprint density at radius 3 is 1.96 bits per heavy atom. The summed E-state index contributed by atoms with van der Waals surface area (Å²) in [5, 5.41) is 7.70. The summed E-state index contributed by atoms with van der Waals surface area (Å²) in [5.41, 5.74) is -1.83. The molecule has 0 aliphatic carbocycles. The molecule has 0 aliphatic heterocycles. The van der Waals surface area contributed by atoms with Gasteiger partial charge in [-0.05, 0) is 48.0 Å². The molecule has 148 valence electrons. The fourth-order valence-corrected chi connectivity index (χ4v) is 2.57. The minimum atomic E-state index is -4.90. The number of rotatable bonds is 4. The average Bonchev–Trinajstić information content (AvgIpc) is 3.08. The number of alkyl halides is 6. The van der Waals surface area contributed by atoms with Crippen LogP contribution in [-0.4, -0.2) is 22.1 Å². The summed E-state index contributed by atoms with van der Waals surface area (Å²) < 4.78 is 83.9. The number of benzene rings is 2. The minimum absolute atomic E-state index is 0.0909. The molecule has 0 spiro atoms. The normalized spacial score (nSPS) is 12.2. The van der Waals surface area contributed by atoms with E-state index >= 15 is 0 Å². The largest absolute Gasteiger partial charge is 0.497 e. The summed E-state index contributed by atoms with van der Waals surface area (Å²) in [5.74, 6) is 0.625. The maximum Gasteiger partial charge on any atom is 0.416 e. The summed E-state index contributed by atoms with van der Waals surface area (Å²) in [6.45, 7) is -0.295. The fourth-order valence-electron chi connectivity index (χ4n) is 2.57. The molecule has 0 radical (unpaired) electrons. The van der Waals surface area contributed by atoms with Gasteiger partial charge < -0.3 is 4.74 Å². The third-order valence-electron chi connectivity index (χ3n) is 3.92. The first-order valence-corrected chi connectivity index (χ1v) is 7.89. The second-order valence-electron chi connectivity index (χ2n) is 5.94. The van der Waals surface area contributed by atoms with E-state index in [4.69, 9.17) is 4.74 Å². The van der Waals surface area contributed by atoms with E-state index in [-0.39, 0.29) is 18.2 Å². The van der Waals surface area contributed by atoms with Crippen molar-refractivity contribution < 1.29 is 31.1 Å². The minimum Gasteiger partial charge on any atom is -0.497 e. The van der Waals surface area contributed by atoms with Crippen molar-refractivity contribution in [2.45, 2.75) is 18.9 Å². The third kappa shape index (κ3) is 4.44. The first-order valence-electron chi connectivity index (χ1n) is 7.89. The summed E-state index contributed by atoms with van der Waals surface area (Å²) in [6, 6.07) is 8.23. The molecule has 0 atom stereocenters. The van der Waals surface area contributed by atoms with E-state index < -0.39 is 23.5 Å². The molecule has 0 fully saturated rings. The van der Waals surface area contributed by atoms with Gasteiger partial charge in [0.05, 0.1) is 31.0 Å². The lowest BCUT2D eigenvalue weighted by Gasteiger charge is -2.14. The smallest absolute Gasteiger partial charge is 0.416 e. The van der Waals surface area contributed by atoms with Crippen molar-refractivity contribution in [3.05, 3.63) is 65.4 Å². The lowest BCUT2D eigenvalue weighted by atomic mass is 10.0. The summed E-state index contributed by atoms with van der Waals surface area (Å²) in [7, 11) is 1.51. The van der Waals surface area contributed by atoms with Gasteiger partial charge in [-0.2, -0.15) is 26.3 Å². The molecule has 0 bridgehead atoms. The van der Waals surface area contributed by atoms with E-state index in [1.54, 1.807) is 24.3 Å². The molecule has 2 aromatic carbocycles. The second kappa shape index (κ2) is 7.17. The number of ether oxygens (including phenoxy) is 1. The zero-order valence-electron chi connectivity index (χ0n) is 14.3. The molecule has 4 nitrogen and oxygen atoms in total. The topological polar surface area (TPSA) is 39.9 Å². The van der Waals surface area contributed by atoms with Crippen LogP contribution in [-0.2, 0) is 18.9 Å². The Morgan fingerprint density at radius 1 is 0.893 bits per heavy atom. The summed E-state index contributed by atoms with van der Waals surface area (Å²) >= 11 is 0. The van der Waals surface area contributed by atoms with Gasteiger partial charge in [-0.1, -0.05) is 5.21 Å². The van der Waals surface area contributed by atoms with Crippen molar-refractivity contribution >= 4 is 0 Å². The molecule has 1 aromatic heterocycles. The van der Waals surface area contributed by atoms with Gasteiger partial charge >= 0.3 is 12.4 Å². The van der Waals surface area contributed by atoms with Gasteiger partial charge in [-0.15, -0.1) is 5.10 Å². The van der Waals surface area contributed by atoms with Crippen molar-refractivity contribution in [1.82, 2.24) is 15.0 Å². The fraction of sp³-hybridized carbons (Fsp3) is 0.222. The highest BCUT2D eigenvalue weighted by Gasteiger charge is 2.36. The SMILES string of the molecule is COc1ccc(-c2cn(Cc3cc(C(F)(F)F)cc(C(F)(F)F)c3)nn2)cc1. The highest BCUT2D eigenvalue weighted by molar-refractivity contribution is 5.58. The quantitative estimate of drug-likeness (QED) is 0.575. The molecule has 0 N–H and O–H groups in total. The molecule has 0 amide bonds. The van der Waals surface area contributed by atoms with Crippen LogP contribution in [0, 0.1) is 0 Å². The van der Waals surface area contributed by atoms with E-state index in [9.17, 15) is 26.3 Å². The standard InChI is InChI=1S/C18H13F6N3O/c1-28-15-4-2-12(3-5-15)16-10-27(26-25-16)9-11-6-13(17(19,20)21)8-14(7-11)18(22,23)24/h2-8,10H,9H2,1H3. The zero-order chi connectivity index (χ0) is 20.5. The molecule has 28 heavy (non-hydrogen) atoms. The molecule has 10 heteroatoms. The first kappa shape index (κ1) is 19.7. The van der Waals surface area contributed by atoms with Crippen LogP contribution in [0.3, 0.4) is 0 Å². The molecule has 0 saturated heterocycles. The Hall–Kier alpha value is -3.04. The van der Waals surface area contributed by atoms with Crippen molar-refractivity contribution in [2.75, 3.05) is 7.11 Å². The van der Waals surface area contributed by atoms with Gasteiger partial charge in [-0.3, -0.25) is 0 Å². The highest BCUT2D eigenvalue weighted by Crippen LogP contribution is 2.36. The predicted octanol–water partition coefficient (Wildman–Crippen LogP) is 5.04. The maximum absolute atomic E-state index is 12.9. The van der Waals surface area contributed by atoms with Gasteiger partial charge in [0.2, 0.25) is 0 Å². The Kier molecular flexibility index (Phi) is 5.05. The molecule has 3 aromatic rings. The van der Waals surface area contributed by atoms with Crippen LogP contribution in [0.1, 0.15) is 16.7 Å². The van der Waals surface area contributed by atoms with Crippen LogP contribution < -0.4 is 4.74 Å². The lowest BCUT2D eigenvalue weighted by molar-refractivity contribution is -0.143. The van der Waals surface area contributed by atoms with Crippen LogP contribution in [0.4, 0.5) is 26.3 Å². The van der Waals surface area contributed by atoms with Gasteiger partial charge in [0.15, 0.2) is 0 Å². The monoisotopic (exact) mass is 401 g/mol. The molecular weight excluding hydrogens is 388 g/mol. The van der Waals surface area contributed by atoms with Crippen molar-refractivity contribution in [3.8, 4) is 17.0 Å². The van der Waals surface area contributed by atoms with Crippen LogP contribution in [0.5, 0.6) is 5.75 Å². The van der Waals surface area contributed by atoms with E-state index in [1.807, 2.05) is 0 Å². The molecule has 0 aliphatic rings. The molecule has 3 rings (SSSR count). The number of halogens is 6. The number of methoxy groups -OCH3 is 1. The van der Waals surface area contributed by atoms with Gasteiger partial charge in [0.25, 0.3) is 0 Å². The molecular formula is C18H13F6N3O. The Bertz CT molecular complexity index is 928. The zero-order valence-corrected chi connectivity index (χ0v) is 14.3. The van der Waals surface area contributed by atoms with Crippen LogP contribution in [0.15, 0.2) is 48.7 Å². The van der Waals surface area contributed by atoms with E-state index in [0.717, 1.165) is 0 Å². The van der Waals surface area contributed by atoms with Crippen molar-refractivity contribution in [1.29, 1.82) is 0 Å². The lowest BCUT2D eigenvalue weighted by Crippen LogP contribution is -2.13. The Labute approximate surface area is 155 Å². The van der Waals surface area contributed by atoms with Crippen LogP contribution in [0.25, 0.3) is 11.3 Å². The van der Waals surface area contributed by atoms with Crippen molar-refractivity contribution in [2.24, 2.45) is 0 Å². The third-order valence-corrected chi connectivity index (χ3v) is 3.92. The molecule has 0 saturated carbocycles. The molecule has 1 heterocycles. The van der Waals surface area contributed by atoms with Crippen LogP contribution >= 0.6 is 0 Å².